The summed E-state index contributed by atoms with van der Waals surface area (Å²) < 4.78 is 0. The van der Waals surface area contributed by atoms with Crippen LogP contribution >= 0.6 is 11.6 Å². The summed E-state index contributed by atoms with van der Waals surface area (Å²) in [4.78, 5) is 10.8. The molecule has 1 fully saturated rings. The zero-order valence-corrected chi connectivity index (χ0v) is 9.96. The Hall–Kier alpha value is -0.670. The van der Waals surface area contributed by atoms with E-state index in [1.165, 1.54) is 12.8 Å². The minimum Gasteiger partial charge on any atom is -0.299 e. The van der Waals surface area contributed by atoms with E-state index in [9.17, 15) is 0 Å². The zero-order chi connectivity index (χ0) is 10.8. The second kappa shape index (κ2) is 4.45. The van der Waals surface area contributed by atoms with Gasteiger partial charge in [-0.25, -0.2) is 9.97 Å². The molecule has 1 aromatic rings. The fourth-order valence-electron chi connectivity index (χ4n) is 1.71. The van der Waals surface area contributed by atoms with E-state index in [4.69, 9.17) is 11.6 Å². The van der Waals surface area contributed by atoms with Gasteiger partial charge in [-0.1, -0.05) is 11.6 Å². The fraction of sp³-hybridized carbons (Fsp3) is 0.636. The minimum absolute atomic E-state index is 0.539. The first-order chi connectivity index (χ1) is 7.13. The van der Waals surface area contributed by atoms with Crippen molar-refractivity contribution in [2.24, 2.45) is 5.92 Å². The van der Waals surface area contributed by atoms with Crippen molar-refractivity contribution in [3.63, 3.8) is 0 Å². The van der Waals surface area contributed by atoms with Gasteiger partial charge in [0.2, 0.25) is 0 Å². The molecule has 0 unspecified atom stereocenters. The van der Waals surface area contributed by atoms with Crippen LogP contribution in [0.2, 0.25) is 5.15 Å². The molecular weight excluding hydrogens is 210 g/mol. The van der Waals surface area contributed by atoms with Gasteiger partial charge < -0.3 is 0 Å². The predicted molar refractivity (Wildman–Crippen MR) is 60.8 cm³/mol. The van der Waals surface area contributed by atoms with E-state index in [-0.39, 0.29) is 0 Å². The summed E-state index contributed by atoms with van der Waals surface area (Å²) >= 11 is 5.88. The molecule has 0 aromatic carbocycles. The molecule has 0 aliphatic heterocycles. The third-order valence-electron chi connectivity index (χ3n) is 2.55. The van der Waals surface area contributed by atoms with Crippen LogP contribution in [0.4, 0.5) is 0 Å². The van der Waals surface area contributed by atoms with Crippen molar-refractivity contribution >= 4 is 11.6 Å². The maximum absolute atomic E-state index is 5.88. The highest BCUT2D eigenvalue weighted by atomic mass is 35.5. The maximum atomic E-state index is 5.88. The number of hydrogen-bond donors (Lipinski definition) is 0. The van der Waals surface area contributed by atoms with Crippen LogP contribution in [0.5, 0.6) is 0 Å². The van der Waals surface area contributed by atoms with Crippen molar-refractivity contribution in [2.75, 3.05) is 13.6 Å². The Balaban J connectivity index is 1.96. The van der Waals surface area contributed by atoms with Crippen LogP contribution in [-0.4, -0.2) is 28.5 Å². The first-order valence-corrected chi connectivity index (χ1v) is 5.70. The van der Waals surface area contributed by atoms with Crippen LogP contribution in [0.3, 0.4) is 0 Å². The third kappa shape index (κ3) is 3.43. The maximum Gasteiger partial charge on any atom is 0.144 e. The van der Waals surface area contributed by atoms with Gasteiger partial charge >= 0.3 is 0 Å². The number of aromatic nitrogens is 2. The molecule has 0 bridgehead atoms. The average molecular weight is 226 g/mol. The van der Waals surface area contributed by atoms with E-state index in [0.29, 0.717) is 5.15 Å². The topological polar surface area (TPSA) is 29.0 Å². The van der Waals surface area contributed by atoms with Crippen molar-refractivity contribution in [2.45, 2.75) is 26.3 Å². The van der Waals surface area contributed by atoms with Gasteiger partial charge in [0.05, 0.1) is 6.54 Å². The molecule has 15 heavy (non-hydrogen) atoms. The van der Waals surface area contributed by atoms with E-state index >= 15 is 0 Å². The lowest BCUT2D eigenvalue weighted by Gasteiger charge is -2.15. The van der Waals surface area contributed by atoms with Crippen LogP contribution in [0, 0.1) is 12.8 Å². The molecule has 3 nitrogen and oxygen atoms in total. The molecule has 0 spiro atoms. The lowest BCUT2D eigenvalue weighted by molar-refractivity contribution is 0.305. The SMILES string of the molecule is Cc1cc(Cl)nc(CN(C)CC2CC2)n1. The number of aryl methyl sites for hydroxylation is 1. The molecule has 0 atom stereocenters. The van der Waals surface area contributed by atoms with Crippen LogP contribution < -0.4 is 0 Å². The van der Waals surface area contributed by atoms with Gasteiger partial charge in [-0.3, -0.25) is 4.90 Å². The number of halogens is 1. The molecular formula is C11H16ClN3. The normalized spacial score (nSPS) is 16.0. The molecule has 1 aromatic heterocycles. The van der Waals surface area contributed by atoms with Gasteiger partial charge in [-0.15, -0.1) is 0 Å². The summed E-state index contributed by atoms with van der Waals surface area (Å²) in [6.07, 6.45) is 2.75. The highest BCUT2D eigenvalue weighted by molar-refractivity contribution is 6.29. The Labute approximate surface area is 95.5 Å². The van der Waals surface area contributed by atoms with E-state index in [2.05, 4.69) is 21.9 Å². The van der Waals surface area contributed by atoms with Crippen LogP contribution in [0.15, 0.2) is 6.07 Å². The average Bonchev–Trinajstić information content (AvgIpc) is 2.85. The lowest BCUT2D eigenvalue weighted by atomic mass is 10.3. The monoisotopic (exact) mass is 225 g/mol. The van der Waals surface area contributed by atoms with E-state index in [1.54, 1.807) is 6.07 Å². The summed E-state index contributed by atoms with van der Waals surface area (Å²) in [5, 5.41) is 0.539. The molecule has 2 rings (SSSR count). The van der Waals surface area contributed by atoms with Crippen molar-refractivity contribution in [3.05, 3.63) is 22.7 Å². The Morgan fingerprint density at radius 1 is 1.47 bits per heavy atom. The highest BCUT2D eigenvalue weighted by Crippen LogP contribution is 2.29. The Morgan fingerprint density at radius 2 is 2.20 bits per heavy atom. The molecule has 1 saturated carbocycles. The van der Waals surface area contributed by atoms with Crippen molar-refractivity contribution in [1.82, 2.24) is 14.9 Å². The zero-order valence-electron chi connectivity index (χ0n) is 9.20. The van der Waals surface area contributed by atoms with Crippen molar-refractivity contribution in [3.8, 4) is 0 Å². The van der Waals surface area contributed by atoms with Crippen LogP contribution in [0.1, 0.15) is 24.4 Å². The third-order valence-corrected chi connectivity index (χ3v) is 2.74. The first kappa shape index (κ1) is 10.8. The summed E-state index contributed by atoms with van der Waals surface area (Å²) in [6.45, 7) is 3.88. The fourth-order valence-corrected chi connectivity index (χ4v) is 1.96. The van der Waals surface area contributed by atoms with Gasteiger partial charge in [0, 0.05) is 12.2 Å². The quantitative estimate of drug-likeness (QED) is 0.737. The van der Waals surface area contributed by atoms with Crippen LogP contribution in [0.25, 0.3) is 0 Å². The van der Waals surface area contributed by atoms with Gasteiger partial charge in [0.15, 0.2) is 0 Å². The summed E-state index contributed by atoms with van der Waals surface area (Å²) in [5.41, 5.74) is 0.935. The molecule has 0 N–H and O–H groups in total. The number of nitrogens with zero attached hydrogens (tertiary/aromatic N) is 3. The number of rotatable bonds is 4. The minimum atomic E-state index is 0.539. The summed E-state index contributed by atoms with van der Waals surface area (Å²) in [6, 6.07) is 1.78. The Morgan fingerprint density at radius 3 is 2.80 bits per heavy atom. The van der Waals surface area contributed by atoms with Gasteiger partial charge in [-0.05, 0) is 38.8 Å². The molecule has 1 heterocycles. The van der Waals surface area contributed by atoms with E-state index in [1.807, 2.05) is 6.92 Å². The van der Waals surface area contributed by atoms with Crippen LogP contribution in [-0.2, 0) is 6.54 Å². The predicted octanol–water partition coefficient (Wildman–Crippen LogP) is 2.28. The van der Waals surface area contributed by atoms with Gasteiger partial charge in [0.1, 0.15) is 11.0 Å². The molecule has 82 valence electrons. The van der Waals surface area contributed by atoms with Crippen molar-refractivity contribution in [1.29, 1.82) is 0 Å². The number of hydrogen-bond acceptors (Lipinski definition) is 3. The molecule has 4 heteroatoms. The summed E-state index contributed by atoms with van der Waals surface area (Å²) in [5.74, 6) is 1.72. The van der Waals surface area contributed by atoms with Crippen molar-refractivity contribution < 1.29 is 0 Å². The van der Waals surface area contributed by atoms with E-state index in [0.717, 1.165) is 30.5 Å². The largest absolute Gasteiger partial charge is 0.299 e. The second-order valence-electron chi connectivity index (χ2n) is 4.39. The molecule has 0 radical (unpaired) electrons. The standard InChI is InChI=1S/C11H16ClN3/c1-8-5-10(12)14-11(13-8)7-15(2)6-9-3-4-9/h5,9H,3-4,6-7H2,1-2H3. The first-order valence-electron chi connectivity index (χ1n) is 5.32. The molecule has 1 aliphatic carbocycles. The Bertz CT molecular complexity index is 329. The van der Waals surface area contributed by atoms with E-state index < -0.39 is 0 Å². The van der Waals surface area contributed by atoms with Gasteiger partial charge in [-0.2, -0.15) is 0 Å². The summed E-state index contributed by atoms with van der Waals surface area (Å²) in [7, 11) is 2.11. The molecule has 0 saturated heterocycles. The second-order valence-corrected chi connectivity index (χ2v) is 4.78. The van der Waals surface area contributed by atoms with Gasteiger partial charge in [0.25, 0.3) is 0 Å². The molecule has 1 aliphatic rings. The highest BCUT2D eigenvalue weighted by Gasteiger charge is 2.22. The smallest absolute Gasteiger partial charge is 0.144 e. The molecule has 0 amide bonds. The lowest BCUT2D eigenvalue weighted by Crippen LogP contribution is -2.22. The Kier molecular flexibility index (Phi) is 3.22.